The van der Waals surface area contributed by atoms with Crippen LogP contribution in [0.2, 0.25) is 0 Å². The Balaban J connectivity index is 2.04. The molecular formula is C24H20O3S. The maximum absolute atomic E-state index is 13.7. The third kappa shape index (κ3) is 3.16. The number of hydrogen-bond acceptors (Lipinski definition) is 3. The molecule has 3 nitrogen and oxygen atoms in total. The topological polar surface area (TPSA) is 54.4 Å². The Bertz CT molecular complexity index is 1230. The lowest BCUT2D eigenvalue weighted by atomic mass is 9.97. The van der Waals surface area contributed by atoms with Crippen LogP contribution in [0.25, 0.3) is 10.8 Å². The molecule has 0 heterocycles. The van der Waals surface area contributed by atoms with Gasteiger partial charge in [-0.3, -0.25) is 0 Å². The van der Waals surface area contributed by atoms with Crippen molar-refractivity contribution in [3.8, 4) is 5.75 Å². The highest BCUT2D eigenvalue weighted by Gasteiger charge is 2.34. The molecule has 0 aliphatic heterocycles. The van der Waals surface area contributed by atoms with Crippen molar-refractivity contribution in [1.82, 2.24) is 0 Å². The van der Waals surface area contributed by atoms with Crippen LogP contribution in [-0.2, 0) is 9.84 Å². The number of hydrogen-bond donors (Lipinski definition) is 1. The SMILES string of the molecule is Cc1ccc(S(=O)(=O)C(c2ccccc2)c2c(O)ccc3ccccc23)cc1. The average Bonchev–Trinajstić information content (AvgIpc) is 2.71. The van der Waals surface area contributed by atoms with Gasteiger partial charge in [0.1, 0.15) is 11.0 Å². The van der Waals surface area contributed by atoms with E-state index in [1.54, 1.807) is 48.5 Å². The van der Waals surface area contributed by atoms with Crippen LogP contribution in [0.3, 0.4) is 0 Å². The maximum Gasteiger partial charge on any atom is 0.189 e. The predicted molar refractivity (Wildman–Crippen MR) is 112 cm³/mol. The molecule has 0 bridgehead atoms. The van der Waals surface area contributed by atoms with E-state index in [1.807, 2.05) is 49.4 Å². The first-order chi connectivity index (χ1) is 13.5. The number of aromatic hydroxyl groups is 1. The lowest BCUT2D eigenvalue weighted by molar-refractivity contribution is 0.469. The maximum atomic E-state index is 13.7. The third-order valence-electron chi connectivity index (χ3n) is 4.97. The summed E-state index contributed by atoms with van der Waals surface area (Å²) in [6, 6.07) is 26.8. The first-order valence-corrected chi connectivity index (χ1v) is 10.6. The lowest BCUT2D eigenvalue weighted by Gasteiger charge is -2.22. The molecule has 0 aliphatic rings. The van der Waals surface area contributed by atoms with Crippen LogP contribution in [0.1, 0.15) is 21.9 Å². The van der Waals surface area contributed by atoms with E-state index in [-0.39, 0.29) is 10.6 Å². The number of phenolic OH excluding ortho intramolecular Hbond substituents is 1. The van der Waals surface area contributed by atoms with Crippen molar-refractivity contribution in [3.05, 3.63) is 108 Å². The van der Waals surface area contributed by atoms with Crippen LogP contribution in [0.4, 0.5) is 0 Å². The molecule has 0 saturated carbocycles. The first-order valence-electron chi connectivity index (χ1n) is 9.04. The molecule has 1 unspecified atom stereocenters. The van der Waals surface area contributed by atoms with Crippen molar-refractivity contribution in [2.45, 2.75) is 17.1 Å². The number of fused-ring (bicyclic) bond motifs is 1. The van der Waals surface area contributed by atoms with Crippen molar-refractivity contribution >= 4 is 20.6 Å². The van der Waals surface area contributed by atoms with Gasteiger partial charge in [-0.1, -0.05) is 78.4 Å². The summed E-state index contributed by atoms with van der Waals surface area (Å²) in [6.45, 7) is 1.92. The number of rotatable bonds is 4. The van der Waals surface area contributed by atoms with Gasteiger partial charge in [-0.25, -0.2) is 8.42 Å². The largest absolute Gasteiger partial charge is 0.508 e. The zero-order chi connectivity index (χ0) is 19.7. The van der Waals surface area contributed by atoms with Gasteiger partial charge in [0.05, 0.1) is 4.90 Å². The Labute approximate surface area is 164 Å². The summed E-state index contributed by atoms with van der Waals surface area (Å²) < 4.78 is 27.5. The molecule has 0 spiro atoms. The second-order valence-corrected chi connectivity index (χ2v) is 8.90. The summed E-state index contributed by atoms with van der Waals surface area (Å²) in [4.78, 5) is 0.235. The highest BCUT2D eigenvalue weighted by atomic mass is 32.2. The molecule has 0 amide bonds. The van der Waals surface area contributed by atoms with Gasteiger partial charge in [-0.05, 0) is 41.5 Å². The molecular weight excluding hydrogens is 368 g/mol. The Morgan fingerprint density at radius 3 is 2.11 bits per heavy atom. The number of benzene rings is 4. The smallest absolute Gasteiger partial charge is 0.189 e. The fourth-order valence-electron chi connectivity index (χ4n) is 3.55. The Kier molecular flexibility index (Phi) is 4.65. The fourth-order valence-corrected chi connectivity index (χ4v) is 5.41. The van der Waals surface area contributed by atoms with E-state index in [0.717, 1.165) is 16.3 Å². The Morgan fingerprint density at radius 2 is 1.39 bits per heavy atom. The normalized spacial score (nSPS) is 12.8. The molecule has 1 atom stereocenters. The first kappa shape index (κ1) is 18.3. The Morgan fingerprint density at radius 1 is 0.750 bits per heavy atom. The summed E-state index contributed by atoms with van der Waals surface area (Å²) in [5, 5.41) is 11.3. The highest BCUT2D eigenvalue weighted by Crippen LogP contribution is 2.42. The van der Waals surface area contributed by atoms with Crippen molar-refractivity contribution < 1.29 is 13.5 Å². The van der Waals surface area contributed by atoms with E-state index in [0.29, 0.717) is 11.1 Å². The second-order valence-electron chi connectivity index (χ2n) is 6.87. The van der Waals surface area contributed by atoms with Gasteiger partial charge in [0.25, 0.3) is 0 Å². The van der Waals surface area contributed by atoms with Gasteiger partial charge in [-0.2, -0.15) is 0 Å². The molecule has 0 saturated heterocycles. The van der Waals surface area contributed by atoms with Crippen LogP contribution in [0.15, 0.2) is 95.9 Å². The van der Waals surface area contributed by atoms with Gasteiger partial charge in [0.15, 0.2) is 9.84 Å². The molecule has 140 valence electrons. The van der Waals surface area contributed by atoms with Crippen LogP contribution >= 0.6 is 0 Å². The van der Waals surface area contributed by atoms with E-state index in [9.17, 15) is 13.5 Å². The minimum absolute atomic E-state index is 0.0248. The third-order valence-corrected chi connectivity index (χ3v) is 7.03. The van der Waals surface area contributed by atoms with Gasteiger partial charge >= 0.3 is 0 Å². The molecule has 0 fully saturated rings. The van der Waals surface area contributed by atoms with Gasteiger partial charge in [-0.15, -0.1) is 0 Å². The molecule has 0 radical (unpaired) electrons. The zero-order valence-corrected chi connectivity index (χ0v) is 16.2. The molecule has 0 aromatic heterocycles. The summed E-state index contributed by atoms with van der Waals surface area (Å²) in [5.74, 6) is -0.0248. The van der Waals surface area contributed by atoms with Gasteiger partial charge < -0.3 is 5.11 Å². The predicted octanol–water partition coefficient (Wildman–Crippen LogP) is 5.42. The lowest BCUT2D eigenvalue weighted by Crippen LogP contribution is -2.16. The van der Waals surface area contributed by atoms with Crippen molar-refractivity contribution in [2.24, 2.45) is 0 Å². The molecule has 4 rings (SSSR count). The molecule has 0 aliphatic carbocycles. The quantitative estimate of drug-likeness (QED) is 0.508. The summed E-state index contributed by atoms with van der Waals surface area (Å²) in [6.07, 6.45) is 0. The molecule has 4 aromatic carbocycles. The molecule has 4 heteroatoms. The van der Waals surface area contributed by atoms with E-state index >= 15 is 0 Å². The van der Waals surface area contributed by atoms with Crippen molar-refractivity contribution in [3.63, 3.8) is 0 Å². The van der Waals surface area contributed by atoms with Gasteiger partial charge in [0.2, 0.25) is 0 Å². The standard InChI is InChI=1S/C24H20O3S/c1-17-11-14-20(15-12-17)28(26,27)24(19-8-3-2-4-9-19)23-21-10-6-5-7-18(21)13-16-22(23)25/h2-16,24-25H,1H3. The number of aryl methyl sites for hydroxylation is 1. The monoisotopic (exact) mass is 388 g/mol. The minimum atomic E-state index is -3.80. The van der Waals surface area contributed by atoms with Crippen LogP contribution in [-0.4, -0.2) is 13.5 Å². The van der Waals surface area contributed by atoms with Crippen molar-refractivity contribution in [2.75, 3.05) is 0 Å². The summed E-state index contributed by atoms with van der Waals surface area (Å²) in [5.41, 5.74) is 2.02. The zero-order valence-electron chi connectivity index (χ0n) is 15.4. The number of phenols is 1. The summed E-state index contributed by atoms with van der Waals surface area (Å²) in [7, 11) is -3.80. The highest BCUT2D eigenvalue weighted by molar-refractivity contribution is 7.92. The van der Waals surface area contributed by atoms with Crippen LogP contribution in [0.5, 0.6) is 5.75 Å². The summed E-state index contributed by atoms with van der Waals surface area (Å²) >= 11 is 0. The minimum Gasteiger partial charge on any atom is -0.508 e. The molecule has 4 aromatic rings. The molecule has 1 N–H and O–H groups in total. The van der Waals surface area contributed by atoms with E-state index in [4.69, 9.17) is 0 Å². The van der Waals surface area contributed by atoms with E-state index in [1.165, 1.54) is 0 Å². The number of sulfone groups is 1. The fraction of sp³-hybridized carbons (Fsp3) is 0.0833. The Hall–Kier alpha value is -3.11. The van der Waals surface area contributed by atoms with Gasteiger partial charge in [0, 0.05) is 5.56 Å². The average molecular weight is 388 g/mol. The van der Waals surface area contributed by atoms with Crippen molar-refractivity contribution in [1.29, 1.82) is 0 Å². The molecule has 28 heavy (non-hydrogen) atoms. The van der Waals surface area contributed by atoms with E-state index < -0.39 is 15.1 Å². The van der Waals surface area contributed by atoms with E-state index in [2.05, 4.69) is 0 Å². The van der Waals surface area contributed by atoms with Crippen LogP contribution in [0, 0.1) is 6.92 Å². The van der Waals surface area contributed by atoms with Crippen LogP contribution < -0.4 is 0 Å². The second kappa shape index (κ2) is 7.13.